The average Bonchev–Trinajstić information content (AvgIpc) is 3.47. The molecule has 0 saturated carbocycles. The Balaban J connectivity index is 1.42. The summed E-state index contributed by atoms with van der Waals surface area (Å²) >= 11 is 7.44. The molecule has 3 aromatic carbocycles. The van der Waals surface area contributed by atoms with E-state index < -0.39 is 0 Å². The van der Waals surface area contributed by atoms with Gasteiger partial charge in [-0.2, -0.15) is 0 Å². The SMILES string of the molecule is Clc1ccc(-c2nnc(CSc3nnc(-c4ccccc4)n3-c3ccccc3)o2)cc1. The van der Waals surface area contributed by atoms with E-state index in [1.165, 1.54) is 11.8 Å². The van der Waals surface area contributed by atoms with Gasteiger partial charge in [-0.05, 0) is 36.4 Å². The van der Waals surface area contributed by atoms with Crippen LogP contribution in [0.5, 0.6) is 0 Å². The number of nitrogens with zero attached hydrogens (tertiary/aromatic N) is 5. The number of rotatable bonds is 6. The Bertz CT molecular complexity index is 1290. The van der Waals surface area contributed by atoms with Crippen molar-refractivity contribution in [2.45, 2.75) is 10.9 Å². The highest BCUT2D eigenvalue weighted by Gasteiger charge is 2.17. The molecule has 5 aromatic rings. The van der Waals surface area contributed by atoms with Crippen LogP contribution in [-0.4, -0.2) is 25.0 Å². The molecule has 0 N–H and O–H groups in total. The third-order valence-corrected chi connectivity index (χ3v) is 5.73. The minimum absolute atomic E-state index is 0.460. The summed E-state index contributed by atoms with van der Waals surface area (Å²) in [6.07, 6.45) is 0. The molecule has 0 saturated heterocycles. The monoisotopic (exact) mass is 445 g/mol. The van der Waals surface area contributed by atoms with E-state index in [1.54, 1.807) is 12.1 Å². The normalized spacial score (nSPS) is 11.0. The van der Waals surface area contributed by atoms with Gasteiger partial charge >= 0.3 is 0 Å². The van der Waals surface area contributed by atoms with E-state index in [1.807, 2.05) is 77.4 Å². The first kappa shape index (κ1) is 19.5. The van der Waals surface area contributed by atoms with Gasteiger partial charge in [-0.1, -0.05) is 71.9 Å². The number of thioether (sulfide) groups is 1. The first-order chi connectivity index (χ1) is 15.3. The maximum absolute atomic E-state index is 5.95. The molecule has 0 aliphatic carbocycles. The van der Waals surface area contributed by atoms with E-state index in [9.17, 15) is 0 Å². The fourth-order valence-electron chi connectivity index (χ4n) is 3.09. The molecule has 2 aromatic heterocycles. The van der Waals surface area contributed by atoms with Gasteiger partial charge in [0.1, 0.15) is 0 Å². The lowest BCUT2D eigenvalue weighted by atomic mass is 10.2. The summed E-state index contributed by atoms with van der Waals surface area (Å²) in [4.78, 5) is 0. The summed E-state index contributed by atoms with van der Waals surface area (Å²) in [5.74, 6) is 2.22. The summed E-state index contributed by atoms with van der Waals surface area (Å²) in [6, 6.07) is 27.3. The quantitative estimate of drug-likeness (QED) is 0.302. The predicted molar refractivity (Wildman–Crippen MR) is 121 cm³/mol. The zero-order chi connectivity index (χ0) is 21.0. The lowest BCUT2D eigenvalue weighted by Gasteiger charge is -2.09. The van der Waals surface area contributed by atoms with Crippen LogP contribution in [0, 0.1) is 0 Å². The van der Waals surface area contributed by atoms with Crippen molar-refractivity contribution in [2.24, 2.45) is 0 Å². The topological polar surface area (TPSA) is 69.6 Å². The van der Waals surface area contributed by atoms with Gasteiger partial charge in [-0.15, -0.1) is 20.4 Å². The number of benzene rings is 3. The van der Waals surface area contributed by atoms with E-state index in [2.05, 4.69) is 20.4 Å². The van der Waals surface area contributed by atoms with E-state index in [-0.39, 0.29) is 0 Å². The van der Waals surface area contributed by atoms with Crippen molar-refractivity contribution in [3.63, 3.8) is 0 Å². The Morgan fingerprint density at radius 3 is 2.19 bits per heavy atom. The standard InChI is InChI=1S/C23H16ClN5OS/c24-18-13-11-17(12-14-18)22-27-25-20(30-22)15-31-23-28-26-21(16-7-3-1-4-8-16)29(23)19-9-5-2-6-10-19/h1-14H,15H2. The Morgan fingerprint density at radius 2 is 1.45 bits per heavy atom. The van der Waals surface area contributed by atoms with E-state index in [0.29, 0.717) is 22.6 Å². The van der Waals surface area contributed by atoms with Gasteiger partial charge in [0.15, 0.2) is 11.0 Å². The van der Waals surface area contributed by atoms with Crippen LogP contribution in [0.15, 0.2) is 94.5 Å². The maximum Gasteiger partial charge on any atom is 0.247 e. The van der Waals surface area contributed by atoms with Crippen molar-refractivity contribution >= 4 is 23.4 Å². The van der Waals surface area contributed by atoms with Gasteiger partial charge in [0.2, 0.25) is 11.8 Å². The fraction of sp³-hybridized carbons (Fsp3) is 0.0435. The smallest absolute Gasteiger partial charge is 0.247 e. The number of halogens is 1. The largest absolute Gasteiger partial charge is 0.420 e. The van der Waals surface area contributed by atoms with Crippen LogP contribution < -0.4 is 0 Å². The molecule has 0 bridgehead atoms. The molecule has 0 fully saturated rings. The lowest BCUT2D eigenvalue weighted by Crippen LogP contribution is -1.99. The molecule has 2 heterocycles. The third kappa shape index (κ3) is 4.23. The second-order valence-electron chi connectivity index (χ2n) is 6.64. The predicted octanol–water partition coefficient (Wildman–Crippen LogP) is 5.93. The minimum Gasteiger partial charge on any atom is -0.420 e. The van der Waals surface area contributed by atoms with Gasteiger partial charge in [0.25, 0.3) is 0 Å². The van der Waals surface area contributed by atoms with Crippen molar-refractivity contribution in [1.82, 2.24) is 25.0 Å². The molecule has 5 rings (SSSR count). The molecule has 0 amide bonds. The van der Waals surface area contributed by atoms with Gasteiger partial charge in [0, 0.05) is 21.8 Å². The van der Waals surface area contributed by atoms with Gasteiger partial charge < -0.3 is 4.42 Å². The van der Waals surface area contributed by atoms with Crippen LogP contribution >= 0.6 is 23.4 Å². The third-order valence-electron chi connectivity index (χ3n) is 4.56. The number of hydrogen-bond acceptors (Lipinski definition) is 6. The summed E-state index contributed by atoms with van der Waals surface area (Å²) in [7, 11) is 0. The number of para-hydroxylation sites is 1. The van der Waals surface area contributed by atoms with Crippen LogP contribution in [0.2, 0.25) is 5.02 Å². The molecule has 8 heteroatoms. The van der Waals surface area contributed by atoms with Gasteiger partial charge in [0.05, 0.1) is 5.75 Å². The van der Waals surface area contributed by atoms with Crippen molar-refractivity contribution in [2.75, 3.05) is 0 Å². The van der Waals surface area contributed by atoms with Gasteiger partial charge in [-0.3, -0.25) is 4.57 Å². The maximum atomic E-state index is 5.95. The average molecular weight is 446 g/mol. The van der Waals surface area contributed by atoms with Crippen LogP contribution in [0.25, 0.3) is 28.5 Å². The molecular weight excluding hydrogens is 430 g/mol. The Kier molecular flexibility index (Phi) is 5.52. The Morgan fingerprint density at radius 1 is 0.742 bits per heavy atom. The van der Waals surface area contributed by atoms with E-state index in [4.69, 9.17) is 16.0 Å². The van der Waals surface area contributed by atoms with Crippen molar-refractivity contribution < 1.29 is 4.42 Å². The molecule has 0 unspecified atom stereocenters. The summed E-state index contributed by atoms with van der Waals surface area (Å²) < 4.78 is 7.86. The first-order valence-corrected chi connectivity index (χ1v) is 10.9. The molecule has 6 nitrogen and oxygen atoms in total. The number of aromatic nitrogens is 5. The Hall–Kier alpha value is -3.42. The lowest BCUT2D eigenvalue weighted by molar-refractivity contribution is 0.528. The highest BCUT2D eigenvalue weighted by molar-refractivity contribution is 7.98. The molecule has 31 heavy (non-hydrogen) atoms. The molecule has 0 aliphatic rings. The highest BCUT2D eigenvalue weighted by Crippen LogP contribution is 2.30. The fourth-order valence-corrected chi connectivity index (χ4v) is 4.01. The first-order valence-electron chi connectivity index (χ1n) is 9.55. The second kappa shape index (κ2) is 8.75. The summed E-state index contributed by atoms with van der Waals surface area (Å²) in [5.41, 5.74) is 2.81. The van der Waals surface area contributed by atoms with Crippen molar-refractivity contribution in [1.29, 1.82) is 0 Å². The van der Waals surface area contributed by atoms with E-state index in [0.717, 1.165) is 27.8 Å². The molecule has 0 spiro atoms. The molecule has 0 aliphatic heterocycles. The molecule has 152 valence electrons. The van der Waals surface area contributed by atoms with E-state index >= 15 is 0 Å². The van der Waals surface area contributed by atoms with Crippen LogP contribution in [0.1, 0.15) is 5.89 Å². The zero-order valence-electron chi connectivity index (χ0n) is 16.2. The molecule has 0 atom stereocenters. The van der Waals surface area contributed by atoms with Crippen molar-refractivity contribution in [3.8, 4) is 28.5 Å². The minimum atomic E-state index is 0.460. The Labute approximate surface area is 187 Å². The number of hydrogen-bond donors (Lipinski definition) is 0. The second-order valence-corrected chi connectivity index (χ2v) is 8.02. The van der Waals surface area contributed by atoms with Gasteiger partial charge in [-0.25, -0.2) is 0 Å². The van der Waals surface area contributed by atoms with Crippen LogP contribution in [0.4, 0.5) is 0 Å². The molecule has 0 radical (unpaired) electrons. The summed E-state index contributed by atoms with van der Waals surface area (Å²) in [6.45, 7) is 0. The summed E-state index contributed by atoms with van der Waals surface area (Å²) in [5, 5.41) is 18.6. The van der Waals surface area contributed by atoms with Crippen LogP contribution in [0.3, 0.4) is 0 Å². The molecular formula is C23H16ClN5OS. The highest BCUT2D eigenvalue weighted by atomic mass is 35.5. The van der Waals surface area contributed by atoms with Crippen LogP contribution in [-0.2, 0) is 5.75 Å². The van der Waals surface area contributed by atoms with Crippen molar-refractivity contribution in [3.05, 3.63) is 95.8 Å². The zero-order valence-corrected chi connectivity index (χ0v) is 17.8.